The highest BCUT2D eigenvalue weighted by atomic mass is 19.1. The lowest BCUT2D eigenvalue weighted by Gasteiger charge is -2.24. The van der Waals surface area contributed by atoms with Gasteiger partial charge in [0.25, 0.3) is 0 Å². The minimum absolute atomic E-state index is 0.0380. The minimum atomic E-state index is -0.353. The SMILES string of the molecule is O=C1NCCN(C(=O)Cc2cccc(F)c2)C[C@H]1Cc1ccccc1-c1ccccc1. The van der Waals surface area contributed by atoms with E-state index >= 15 is 0 Å². The lowest BCUT2D eigenvalue weighted by atomic mass is 9.91. The summed E-state index contributed by atoms with van der Waals surface area (Å²) >= 11 is 0. The average molecular weight is 416 g/mol. The molecule has 1 aliphatic heterocycles. The van der Waals surface area contributed by atoms with Crippen molar-refractivity contribution >= 4 is 11.8 Å². The highest BCUT2D eigenvalue weighted by Crippen LogP contribution is 2.26. The molecule has 0 aromatic heterocycles. The van der Waals surface area contributed by atoms with Crippen LogP contribution in [0.3, 0.4) is 0 Å². The van der Waals surface area contributed by atoms with Gasteiger partial charge in [-0.25, -0.2) is 4.39 Å². The Morgan fingerprint density at radius 2 is 1.77 bits per heavy atom. The van der Waals surface area contributed by atoms with Crippen molar-refractivity contribution in [1.29, 1.82) is 0 Å². The number of nitrogens with zero attached hydrogens (tertiary/aromatic N) is 1. The molecule has 1 aliphatic rings. The Morgan fingerprint density at radius 3 is 2.58 bits per heavy atom. The van der Waals surface area contributed by atoms with Crippen LogP contribution in [0.4, 0.5) is 4.39 Å². The summed E-state index contributed by atoms with van der Waals surface area (Å²) in [6.07, 6.45) is 0.667. The van der Waals surface area contributed by atoms with E-state index in [4.69, 9.17) is 0 Å². The van der Waals surface area contributed by atoms with Crippen molar-refractivity contribution in [1.82, 2.24) is 10.2 Å². The second-order valence-corrected chi connectivity index (χ2v) is 7.86. The van der Waals surface area contributed by atoms with Gasteiger partial charge in [-0.15, -0.1) is 0 Å². The van der Waals surface area contributed by atoms with Gasteiger partial charge in [0.1, 0.15) is 5.82 Å². The van der Waals surface area contributed by atoms with Crippen molar-refractivity contribution in [3.05, 3.63) is 95.8 Å². The molecule has 1 saturated heterocycles. The average Bonchev–Trinajstić information content (AvgIpc) is 2.96. The van der Waals surface area contributed by atoms with Crippen molar-refractivity contribution in [3.63, 3.8) is 0 Å². The first-order valence-electron chi connectivity index (χ1n) is 10.5. The van der Waals surface area contributed by atoms with Crippen LogP contribution in [-0.2, 0) is 22.4 Å². The molecule has 2 amide bonds. The van der Waals surface area contributed by atoms with Gasteiger partial charge in [0.2, 0.25) is 11.8 Å². The van der Waals surface area contributed by atoms with Gasteiger partial charge in [-0.1, -0.05) is 66.7 Å². The van der Waals surface area contributed by atoms with Gasteiger partial charge in [0.05, 0.1) is 12.3 Å². The molecule has 0 unspecified atom stereocenters. The van der Waals surface area contributed by atoms with Crippen LogP contribution in [0.25, 0.3) is 11.1 Å². The van der Waals surface area contributed by atoms with E-state index in [2.05, 4.69) is 23.5 Å². The van der Waals surface area contributed by atoms with Crippen LogP contribution in [0.5, 0.6) is 0 Å². The summed E-state index contributed by atoms with van der Waals surface area (Å²) in [6, 6.07) is 24.3. The van der Waals surface area contributed by atoms with Crippen LogP contribution in [0.2, 0.25) is 0 Å². The van der Waals surface area contributed by atoms with E-state index in [1.165, 1.54) is 12.1 Å². The predicted molar refractivity (Wildman–Crippen MR) is 119 cm³/mol. The molecule has 0 saturated carbocycles. The molecule has 0 bridgehead atoms. The lowest BCUT2D eigenvalue weighted by molar-refractivity contribution is -0.131. The number of amides is 2. The molecule has 1 fully saturated rings. The molecule has 4 nitrogen and oxygen atoms in total. The van der Waals surface area contributed by atoms with E-state index in [9.17, 15) is 14.0 Å². The number of rotatable bonds is 5. The number of hydrogen-bond donors (Lipinski definition) is 1. The number of benzene rings is 3. The maximum Gasteiger partial charge on any atom is 0.227 e. The first kappa shape index (κ1) is 20.8. The number of carbonyl (C=O) groups excluding carboxylic acids is 2. The van der Waals surface area contributed by atoms with E-state index < -0.39 is 0 Å². The fourth-order valence-electron chi connectivity index (χ4n) is 4.08. The zero-order valence-electron chi connectivity index (χ0n) is 17.3. The third-order valence-electron chi connectivity index (χ3n) is 5.66. The Kier molecular flexibility index (Phi) is 6.41. The van der Waals surface area contributed by atoms with Crippen molar-refractivity contribution in [2.75, 3.05) is 19.6 Å². The monoisotopic (exact) mass is 416 g/mol. The number of halogens is 1. The van der Waals surface area contributed by atoms with E-state index in [-0.39, 0.29) is 30.0 Å². The number of carbonyl (C=O) groups is 2. The van der Waals surface area contributed by atoms with Gasteiger partial charge in [-0.2, -0.15) is 0 Å². The Bertz CT molecular complexity index is 1070. The zero-order valence-corrected chi connectivity index (χ0v) is 17.3. The van der Waals surface area contributed by atoms with E-state index in [1.807, 2.05) is 36.4 Å². The fourth-order valence-corrected chi connectivity index (χ4v) is 4.08. The Hall–Kier alpha value is -3.47. The standard InChI is InChI=1S/C26H25FN2O2/c27-23-11-6-7-19(15-23)16-25(30)29-14-13-28-26(31)22(18-29)17-21-10-4-5-12-24(21)20-8-2-1-3-9-20/h1-12,15,22H,13-14,16-18H2,(H,28,31)/t22-/m1/s1. The number of hydrogen-bond acceptors (Lipinski definition) is 2. The van der Waals surface area contributed by atoms with Crippen molar-refractivity contribution in [2.24, 2.45) is 5.92 Å². The molecule has 31 heavy (non-hydrogen) atoms. The van der Waals surface area contributed by atoms with Crippen LogP contribution in [0.15, 0.2) is 78.9 Å². The lowest BCUT2D eigenvalue weighted by Crippen LogP contribution is -2.38. The molecule has 1 atom stereocenters. The van der Waals surface area contributed by atoms with Gasteiger partial charge in [-0.05, 0) is 40.8 Å². The van der Waals surface area contributed by atoms with Gasteiger partial charge in [-0.3, -0.25) is 9.59 Å². The summed E-state index contributed by atoms with van der Waals surface area (Å²) in [5.41, 5.74) is 3.91. The first-order valence-corrected chi connectivity index (χ1v) is 10.5. The summed E-state index contributed by atoms with van der Waals surface area (Å²) < 4.78 is 13.5. The molecule has 3 aromatic rings. The second-order valence-electron chi connectivity index (χ2n) is 7.86. The van der Waals surface area contributed by atoms with Gasteiger partial charge in [0, 0.05) is 19.6 Å². The van der Waals surface area contributed by atoms with Gasteiger partial charge >= 0.3 is 0 Å². The van der Waals surface area contributed by atoms with Crippen molar-refractivity contribution in [3.8, 4) is 11.1 Å². The summed E-state index contributed by atoms with van der Waals surface area (Å²) in [5, 5.41) is 2.94. The first-order chi connectivity index (χ1) is 15.1. The van der Waals surface area contributed by atoms with Gasteiger partial charge < -0.3 is 10.2 Å². The third-order valence-corrected chi connectivity index (χ3v) is 5.66. The van der Waals surface area contributed by atoms with Crippen LogP contribution < -0.4 is 5.32 Å². The van der Waals surface area contributed by atoms with Gasteiger partial charge in [0.15, 0.2) is 0 Å². The smallest absolute Gasteiger partial charge is 0.227 e. The molecule has 0 spiro atoms. The van der Waals surface area contributed by atoms with Crippen molar-refractivity contribution < 1.29 is 14.0 Å². The molecular formula is C26H25FN2O2. The molecule has 3 aromatic carbocycles. The maximum absolute atomic E-state index is 13.5. The summed E-state index contributed by atoms with van der Waals surface area (Å²) in [6.45, 7) is 1.23. The molecule has 0 radical (unpaired) electrons. The molecule has 0 aliphatic carbocycles. The topological polar surface area (TPSA) is 49.4 Å². The highest BCUT2D eigenvalue weighted by Gasteiger charge is 2.28. The normalized spacial score (nSPS) is 16.5. The predicted octanol–water partition coefficient (Wildman–Crippen LogP) is 3.85. The molecule has 158 valence electrons. The Balaban J connectivity index is 1.52. The molecular weight excluding hydrogens is 391 g/mol. The minimum Gasteiger partial charge on any atom is -0.354 e. The van der Waals surface area contributed by atoms with Crippen LogP contribution >= 0.6 is 0 Å². The highest BCUT2D eigenvalue weighted by molar-refractivity contribution is 5.83. The Morgan fingerprint density at radius 1 is 1.00 bits per heavy atom. The summed E-state index contributed by atoms with van der Waals surface area (Å²) in [7, 11) is 0. The fraction of sp³-hybridized carbons (Fsp3) is 0.231. The molecule has 1 N–H and O–H groups in total. The maximum atomic E-state index is 13.5. The van der Waals surface area contributed by atoms with E-state index in [1.54, 1.807) is 17.0 Å². The van der Waals surface area contributed by atoms with Crippen LogP contribution in [0, 0.1) is 11.7 Å². The Labute approximate surface area is 181 Å². The third kappa shape index (κ3) is 5.18. The number of nitrogens with one attached hydrogen (secondary N) is 1. The zero-order chi connectivity index (χ0) is 21.6. The molecule has 4 rings (SSSR count). The largest absolute Gasteiger partial charge is 0.354 e. The van der Waals surface area contributed by atoms with Crippen molar-refractivity contribution in [2.45, 2.75) is 12.8 Å². The quantitative estimate of drug-likeness (QED) is 0.687. The van der Waals surface area contributed by atoms with Crippen LogP contribution in [-0.4, -0.2) is 36.3 Å². The molecule has 5 heteroatoms. The van der Waals surface area contributed by atoms with E-state index in [0.717, 1.165) is 16.7 Å². The van der Waals surface area contributed by atoms with Crippen LogP contribution in [0.1, 0.15) is 11.1 Å². The summed E-state index contributed by atoms with van der Waals surface area (Å²) in [4.78, 5) is 27.3. The molecule has 1 heterocycles. The van der Waals surface area contributed by atoms with E-state index in [0.29, 0.717) is 31.6 Å². The summed E-state index contributed by atoms with van der Waals surface area (Å²) in [5.74, 6) is -0.829. The second kappa shape index (κ2) is 9.56.